The fourth-order valence-electron chi connectivity index (χ4n) is 3.92. The summed E-state index contributed by atoms with van der Waals surface area (Å²) in [5.41, 5.74) is 0.972. The minimum atomic E-state index is -0.841. The van der Waals surface area contributed by atoms with Crippen molar-refractivity contribution in [3.8, 4) is 11.5 Å². The van der Waals surface area contributed by atoms with Crippen molar-refractivity contribution >= 4 is 46.0 Å². The average Bonchev–Trinajstić information content (AvgIpc) is 3.40. The Hall–Kier alpha value is -2.90. The summed E-state index contributed by atoms with van der Waals surface area (Å²) in [6, 6.07) is 8.13. The molecule has 0 amide bonds. The van der Waals surface area contributed by atoms with Crippen LogP contribution in [0.1, 0.15) is 31.2 Å². The van der Waals surface area contributed by atoms with Gasteiger partial charge < -0.3 is 23.4 Å². The van der Waals surface area contributed by atoms with E-state index < -0.39 is 12.0 Å². The lowest BCUT2D eigenvalue weighted by Gasteiger charge is -2.27. The molecule has 36 heavy (non-hydrogen) atoms. The fraction of sp³-hybridized carbons (Fsp3) is 0.320. The Bertz CT molecular complexity index is 1480. The van der Waals surface area contributed by atoms with Crippen LogP contribution in [0.4, 0.5) is 0 Å². The van der Waals surface area contributed by atoms with Gasteiger partial charge in [-0.1, -0.05) is 23.5 Å². The minimum absolute atomic E-state index is 0.0663. The van der Waals surface area contributed by atoms with Gasteiger partial charge in [-0.3, -0.25) is 9.36 Å². The van der Waals surface area contributed by atoms with Gasteiger partial charge in [0.25, 0.3) is 5.56 Å². The van der Waals surface area contributed by atoms with Gasteiger partial charge >= 0.3 is 5.97 Å². The summed E-state index contributed by atoms with van der Waals surface area (Å²) in [7, 11) is 3.07. The van der Waals surface area contributed by atoms with Gasteiger partial charge in [0.2, 0.25) is 0 Å². The predicted molar refractivity (Wildman–Crippen MR) is 142 cm³/mol. The summed E-state index contributed by atoms with van der Waals surface area (Å²) in [5, 5.41) is 0. The number of methoxy groups -OCH3 is 2. The third-order valence-corrected chi connectivity index (χ3v) is 7.00. The van der Waals surface area contributed by atoms with Gasteiger partial charge in [0.05, 0.1) is 36.1 Å². The first-order valence-electron chi connectivity index (χ1n) is 11.1. The zero-order valence-corrected chi connectivity index (χ0v) is 23.2. The molecule has 0 unspecified atom stereocenters. The van der Waals surface area contributed by atoms with Crippen LogP contribution in [0.3, 0.4) is 0 Å². The van der Waals surface area contributed by atoms with Crippen molar-refractivity contribution in [2.75, 3.05) is 34.0 Å². The second kappa shape index (κ2) is 11.4. The SMILES string of the molecule is CCOc1c(OC)cccc1[C@H]1C(C(=O)OCCOC)=C(C)N=c2s/c(=C/c3ccc(I)o3)c(=O)n21. The van der Waals surface area contributed by atoms with Gasteiger partial charge in [-0.2, -0.15) is 0 Å². The van der Waals surface area contributed by atoms with E-state index in [0.29, 0.717) is 48.2 Å². The zero-order valence-electron chi connectivity index (χ0n) is 20.2. The van der Waals surface area contributed by atoms with Crippen LogP contribution in [-0.4, -0.2) is 44.6 Å². The largest absolute Gasteiger partial charge is 0.493 e. The van der Waals surface area contributed by atoms with E-state index in [9.17, 15) is 9.59 Å². The third-order valence-electron chi connectivity index (χ3n) is 5.44. The lowest BCUT2D eigenvalue weighted by atomic mass is 9.94. The van der Waals surface area contributed by atoms with E-state index in [1.165, 1.54) is 23.0 Å². The van der Waals surface area contributed by atoms with Crippen molar-refractivity contribution in [1.82, 2.24) is 4.57 Å². The van der Waals surface area contributed by atoms with Crippen molar-refractivity contribution in [3.05, 3.63) is 76.4 Å². The van der Waals surface area contributed by atoms with Gasteiger partial charge in [0.1, 0.15) is 18.4 Å². The molecule has 0 saturated carbocycles. The molecule has 0 bridgehead atoms. The minimum Gasteiger partial charge on any atom is -0.493 e. The van der Waals surface area contributed by atoms with Crippen molar-refractivity contribution in [3.63, 3.8) is 0 Å². The van der Waals surface area contributed by atoms with Crippen LogP contribution >= 0.6 is 33.9 Å². The van der Waals surface area contributed by atoms with Gasteiger partial charge in [-0.25, -0.2) is 9.79 Å². The highest BCUT2D eigenvalue weighted by atomic mass is 127. The van der Waals surface area contributed by atoms with Crippen molar-refractivity contribution in [2.45, 2.75) is 19.9 Å². The van der Waals surface area contributed by atoms with E-state index in [1.54, 1.807) is 38.3 Å². The number of benzene rings is 1. The molecule has 11 heteroatoms. The quantitative estimate of drug-likeness (QED) is 0.205. The number of carbonyl (C=O) groups excluding carboxylic acids is 1. The van der Waals surface area contributed by atoms with Crippen LogP contribution in [0.5, 0.6) is 11.5 Å². The van der Waals surface area contributed by atoms with E-state index in [0.717, 1.165) is 0 Å². The summed E-state index contributed by atoms with van der Waals surface area (Å²) < 4.78 is 30.2. The molecule has 1 atom stereocenters. The Labute approximate surface area is 224 Å². The smallest absolute Gasteiger partial charge is 0.338 e. The Balaban J connectivity index is 1.96. The van der Waals surface area contributed by atoms with Crippen LogP contribution in [0.25, 0.3) is 6.08 Å². The van der Waals surface area contributed by atoms with Crippen LogP contribution < -0.4 is 24.4 Å². The first kappa shape index (κ1) is 26.2. The third kappa shape index (κ3) is 5.13. The molecule has 9 nitrogen and oxygen atoms in total. The van der Waals surface area contributed by atoms with E-state index in [2.05, 4.69) is 27.6 Å². The van der Waals surface area contributed by atoms with E-state index >= 15 is 0 Å². The molecular formula is C25H25IN2O7S. The molecule has 3 aromatic rings. The zero-order chi connectivity index (χ0) is 25.8. The number of thiazole rings is 1. The lowest BCUT2D eigenvalue weighted by molar-refractivity contribution is -0.140. The fourth-order valence-corrected chi connectivity index (χ4v) is 5.38. The highest BCUT2D eigenvalue weighted by Crippen LogP contribution is 2.40. The monoisotopic (exact) mass is 624 g/mol. The number of esters is 1. The molecule has 0 saturated heterocycles. The number of aromatic nitrogens is 1. The standard InChI is InChI=1S/C25H25IN2O7S/c1-5-33-22-16(7-6-8-17(22)32-4)21-20(24(30)34-12-11-31-3)14(2)27-25-28(21)23(29)18(36-25)13-15-9-10-19(26)35-15/h6-10,13,21H,5,11-12H2,1-4H3/b18-13+/t21-/m0/s1. The summed E-state index contributed by atoms with van der Waals surface area (Å²) in [6.07, 6.45) is 1.67. The molecule has 0 spiro atoms. The number of para-hydroxylation sites is 1. The lowest BCUT2D eigenvalue weighted by Crippen LogP contribution is -2.40. The summed E-state index contributed by atoms with van der Waals surface area (Å²) >= 11 is 3.29. The van der Waals surface area contributed by atoms with Crippen molar-refractivity contribution in [2.24, 2.45) is 4.99 Å². The van der Waals surface area contributed by atoms with Crippen molar-refractivity contribution < 1.29 is 28.2 Å². The number of nitrogens with zero attached hydrogens (tertiary/aromatic N) is 2. The molecule has 3 heterocycles. The van der Waals surface area contributed by atoms with E-state index in [-0.39, 0.29) is 24.3 Å². The average molecular weight is 624 g/mol. The number of rotatable bonds is 9. The Morgan fingerprint density at radius 1 is 1.25 bits per heavy atom. The molecule has 1 aliphatic heterocycles. The van der Waals surface area contributed by atoms with Crippen LogP contribution in [0.2, 0.25) is 0 Å². The second-order valence-corrected chi connectivity index (χ2v) is 9.74. The number of hydrogen-bond donors (Lipinski definition) is 0. The molecule has 1 aromatic carbocycles. The summed E-state index contributed by atoms with van der Waals surface area (Å²) in [4.78, 5) is 32.1. The molecule has 4 rings (SSSR count). The topological polar surface area (TPSA) is 101 Å². The molecule has 0 aliphatic carbocycles. The molecule has 0 fully saturated rings. The normalized spacial score (nSPS) is 15.5. The van der Waals surface area contributed by atoms with Gasteiger partial charge in [0.15, 0.2) is 20.1 Å². The maximum Gasteiger partial charge on any atom is 0.338 e. The highest BCUT2D eigenvalue weighted by Gasteiger charge is 2.36. The summed E-state index contributed by atoms with van der Waals surface area (Å²) in [5.74, 6) is 0.897. The molecule has 1 aliphatic rings. The number of furan rings is 1. The number of fused-ring (bicyclic) bond motifs is 1. The van der Waals surface area contributed by atoms with Gasteiger partial charge in [-0.15, -0.1) is 0 Å². The van der Waals surface area contributed by atoms with Gasteiger partial charge in [0, 0.05) is 18.7 Å². The number of halogens is 1. The first-order chi connectivity index (χ1) is 17.4. The predicted octanol–water partition coefficient (Wildman–Crippen LogP) is 3.03. The molecule has 0 N–H and O–H groups in total. The number of ether oxygens (including phenoxy) is 4. The van der Waals surface area contributed by atoms with Crippen LogP contribution in [-0.2, 0) is 14.3 Å². The molecule has 190 valence electrons. The van der Waals surface area contributed by atoms with Crippen molar-refractivity contribution in [1.29, 1.82) is 0 Å². The molecule has 2 aromatic heterocycles. The second-order valence-electron chi connectivity index (χ2n) is 7.66. The number of hydrogen-bond acceptors (Lipinski definition) is 9. The number of carbonyl (C=O) groups is 1. The Kier molecular flexibility index (Phi) is 8.32. The van der Waals surface area contributed by atoms with E-state index in [1.807, 2.05) is 19.1 Å². The maximum absolute atomic E-state index is 13.7. The Morgan fingerprint density at radius 3 is 2.72 bits per heavy atom. The molecular weight excluding hydrogens is 599 g/mol. The van der Waals surface area contributed by atoms with Crippen LogP contribution in [0, 0.1) is 3.77 Å². The van der Waals surface area contributed by atoms with E-state index in [4.69, 9.17) is 23.4 Å². The maximum atomic E-state index is 13.7. The first-order valence-corrected chi connectivity index (χ1v) is 13.0. The van der Waals surface area contributed by atoms with Gasteiger partial charge in [-0.05, 0) is 54.6 Å². The Morgan fingerprint density at radius 2 is 2.06 bits per heavy atom. The van der Waals surface area contributed by atoms with Crippen LogP contribution in [0.15, 0.2) is 55.8 Å². The summed E-state index contributed by atoms with van der Waals surface area (Å²) in [6.45, 7) is 4.26. The number of allylic oxidation sites excluding steroid dienone is 1. The molecule has 0 radical (unpaired) electrons. The highest BCUT2D eigenvalue weighted by molar-refractivity contribution is 14.1.